The van der Waals surface area contributed by atoms with Gasteiger partial charge in [0.25, 0.3) is 0 Å². The van der Waals surface area contributed by atoms with Crippen molar-refractivity contribution in [3.8, 4) is 18.1 Å². The standard InChI is InChI=1S/C13H17NO/c1-4-11(5-2)14-12-9-7-8-10-13(12)15-6-3/h1,7-11,14H,5-6H2,2-3H3. The highest BCUT2D eigenvalue weighted by atomic mass is 16.5. The minimum atomic E-state index is 0.0617. The topological polar surface area (TPSA) is 21.3 Å². The Kier molecular flexibility index (Phi) is 4.56. The fourth-order valence-electron chi connectivity index (χ4n) is 1.32. The van der Waals surface area contributed by atoms with Gasteiger partial charge in [0, 0.05) is 0 Å². The summed E-state index contributed by atoms with van der Waals surface area (Å²) in [5.74, 6) is 3.56. The van der Waals surface area contributed by atoms with E-state index in [0.717, 1.165) is 17.9 Å². The van der Waals surface area contributed by atoms with E-state index in [-0.39, 0.29) is 6.04 Å². The molecule has 2 heteroatoms. The van der Waals surface area contributed by atoms with Crippen molar-refractivity contribution in [3.63, 3.8) is 0 Å². The molecule has 2 nitrogen and oxygen atoms in total. The maximum atomic E-state index is 5.50. The highest BCUT2D eigenvalue weighted by Crippen LogP contribution is 2.24. The molecule has 1 atom stereocenters. The minimum absolute atomic E-state index is 0.0617. The summed E-state index contributed by atoms with van der Waals surface area (Å²) < 4.78 is 5.50. The molecule has 15 heavy (non-hydrogen) atoms. The average molecular weight is 203 g/mol. The van der Waals surface area contributed by atoms with Gasteiger partial charge in [-0.2, -0.15) is 0 Å². The van der Waals surface area contributed by atoms with E-state index in [1.165, 1.54) is 0 Å². The molecule has 1 N–H and O–H groups in total. The second-order valence-corrected chi connectivity index (χ2v) is 3.20. The van der Waals surface area contributed by atoms with E-state index in [1.54, 1.807) is 0 Å². The molecule has 0 aromatic heterocycles. The van der Waals surface area contributed by atoms with E-state index >= 15 is 0 Å². The lowest BCUT2D eigenvalue weighted by Gasteiger charge is -2.15. The summed E-state index contributed by atoms with van der Waals surface area (Å²) in [5, 5.41) is 3.27. The van der Waals surface area contributed by atoms with Crippen LogP contribution in [0.2, 0.25) is 0 Å². The van der Waals surface area contributed by atoms with Crippen LogP contribution in [0.15, 0.2) is 24.3 Å². The molecule has 0 spiro atoms. The fraction of sp³-hybridized carbons (Fsp3) is 0.385. The Hall–Kier alpha value is -1.62. The van der Waals surface area contributed by atoms with Crippen LogP contribution in [0.25, 0.3) is 0 Å². The van der Waals surface area contributed by atoms with Crippen molar-refractivity contribution in [2.75, 3.05) is 11.9 Å². The normalized spacial score (nSPS) is 11.5. The molecule has 80 valence electrons. The molecule has 0 bridgehead atoms. The molecule has 1 aromatic carbocycles. The van der Waals surface area contributed by atoms with Gasteiger partial charge in [-0.1, -0.05) is 25.0 Å². The summed E-state index contributed by atoms with van der Waals surface area (Å²) in [5.41, 5.74) is 0.962. The predicted octanol–water partition coefficient (Wildman–Crippen LogP) is 2.91. The number of hydrogen-bond acceptors (Lipinski definition) is 2. The lowest BCUT2D eigenvalue weighted by Crippen LogP contribution is -2.16. The average Bonchev–Trinajstić information content (AvgIpc) is 2.28. The minimum Gasteiger partial charge on any atom is -0.492 e. The quantitative estimate of drug-likeness (QED) is 0.743. The molecule has 1 unspecified atom stereocenters. The maximum absolute atomic E-state index is 5.50. The third-order valence-electron chi connectivity index (χ3n) is 2.13. The summed E-state index contributed by atoms with van der Waals surface area (Å²) in [6.45, 7) is 4.68. The first-order valence-corrected chi connectivity index (χ1v) is 5.26. The maximum Gasteiger partial charge on any atom is 0.142 e. The van der Waals surface area contributed by atoms with Crippen LogP contribution in [0.3, 0.4) is 0 Å². The van der Waals surface area contributed by atoms with Crippen molar-refractivity contribution in [2.45, 2.75) is 26.3 Å². The number of para-hydroxylation sites is 2. The van der Waals surface area contributed by atoms with Gasteiger partial charge in [-0.3, -0.25) is 0 Å². The van der Waals surface area contributed by atoms with Crippen molar-refractivity contribution in [1.82, 2.24) is 0 Å². The van der Waals surface area contributed by atoms with Gasteiger partial charge in [0.05, 0.1) is 18.3 Å². The Morgan fingerprint density at radius 2 is 2.13 bits per heavy atom. The van der Waals surface area contributed by atoms with E-state index < -0.39 is 0 Å². The van der Waals surface area contributed by atoms with Crippen LogP contribution in [0.1, 0.15) is 20.3 Å². The van der Waals surface area contributed by atoms with Crippen LogP contribution >= 0.6 is 0 Å². The van der Waals surface area contributed by atoms with E-state index in [2.05, 4.69) is 18.2 Å². The summed E-state index contributed by atoms with van der Waals surface area (Å²) >= 11 is 0. The van der Waals surface area contributed by atoms with Gasteiger partial charge < -0.3 is 10.1 Å². The van der Waals surface area contributed by atoms with E-state index in [1.807, 2.05) is 31.2 Å². The molecule has 0 heterocycles. The number of ether oxygens (including phenoxy) is 1. The van der Waals surface area contributed by atoms with Crippen molar-refractivity contribution >= 4 is 5.69 Å². The largest absolute Gasteiger partial charge is 0.492 e. The van der Waals surface area contributed by atoms with Crippen LogP contribution in [0, 0.1) is 12.3 Å². The fourth-order valence-corrected chi connectivity index (χ4v) is 1.32. The van der Waals surface area contributed by atoms with Crippen molar-refractivity contribution in [2.24, 2.45) is 0 Å². The lowest BCUT2D eigenvalue weighted by molar-refractivity contribution is 0.341. The molecular formula is C13H17NO. The lowest BCUT2D eigenvalue weighted by atomic mass is 10.2. The molecule has 0 aliphatic rings. The van der Waals surface area contributed by atoms with Crippen molar-refractivity contribution in [3.05, 3.63) is 24.3 Å². The Labute approximate surface area is 91.6 Å². The summed E-state index contributed by atoms with van der Waals surface area (Å²) in [4.78, 5) is 0. The second kappa shape index (κ2) is 5.98. The number of terminal acetylenes is 1. The van der Waals surface area contributed by atoms with Crippen LogP contribution in [-0.2, 0) is 0 Å². The van der Waals surface area contributed by atoms with Gasteiger partial charge in [-0.15, -0.1) is 6.42 Å². The molecular weight excluding hydrogens is 186 g/mol. The zero-order valence-corrected chi connectivity index (χ0v) is 9.29. The Bertz CT molecular complexity index is 341. The molecule has 0 saturated heterocycles. The van der Waals surface area contributed by atoms with Crippen LogP contribution in [0.4, 0.5) is 5.69 Å². The molecule has 1 rings (SSSR count). The SMILES string of the molecule is C#CC(CC)Nc1ccccc1OCC. The highest BCUT2D eigenvalue weighted by Gasteiger charge is 2.05. The Morgan fingerprint density at radius 1 is 1.40 bits per heavy atom. The molecule has 0 aliphatic heterocycles. The first kappa shape index (κ1) is 11.5. The molecule has 0 amide bonds. The zero-order valence-electron chi connectivity index (χ0n) is 9.29. The highest BCUT2D eigenvalue weighted by molar-refractivity contribution is 5.57. The molecule has 0 radical (unpaired) electrons. The summed E-state index contributed by atoms with van der Waals surface area (Å²) in [6.07, 6.45) is 6.30. The zero-order chi connectivity index (χ0) is 11.1. The van der Waals surface area contributed by atoms with Gasteiger partial charge in [0.1, 0.15) is 5.75 Å². The van der Waals surface area contributed by atoms with Gasteiger partial charge in [-0.25, -0.2) is 0 Å². The summed E-state index contributed by atoms with van der Waals surface area (Å²) in [6, 6.07) is 7.90. The molecule has 0 aliphatic carbocycles. The first-order chi connectivity index (χ1) is 7.31. The predicted molar refractivity (Wildman–Crippen MR) is 64.1 cm³/mol. The monoisotopic (exact) mass is 203 g/mol. The third kappa shape index (κ3) is 3.21. The van der Waals surface area contributed by atoms with Crippen LogP contribution in [0.5, 0.6) is 5.75 Å². The van der Waals surface area contributed by atoms with Gasteiger partial charge in [-0.05, 0) is 25.5 Å². The van der Waals surface area contributed by atoms with E-state index in [4.69, 9.17) is 11.2 Å². The van der Waals surface area contributed by atoms with Crippen molar-refractivity contribution < 1.29 is 4.74 Å². The molecule has 0 saturated carbocycles. The third-order valence-corrected chi connectivity index (χ3v) is 2.13. The molecule has 0 fully saturated rings. The van der Waals surface area contributed by atoms with Crippen LogP contribution in [-0.4, -0.2) is 12.6 Å². The Balaban J connectivity index is 2.79. The van der Waals surface area contributed by atoms with Gasteiger partial charge in [0.2, 0.25) is 0 Å². The molecule has 1 aromatic rings. The number of hydrogen-bond donors (Lipinski definition) is 1. The number of rotatable bonds is 5. The Morgan fingerprint density at radius 3 is 2.73 bits per heavy atom. The van der Waals surface area contributed by atoms with Crippen molar-refractivity contribution in [1.29, 1.82) is 0 Å². The second-order valence-electron chi connectivity index (χ2n) is 3.20. The van der Waals surface area contributed by atoms with Gasteiger partial charge >= 0.3 is 0 Å². The van der Waals surface area contributed by atoms with Gasteiger partial charge in [0.15, 0.2) is 0 Å². The summed E-state index contributed by atoms with van der Waals surface area (Å²) in [7, 11) is 0. The van der Waals surface area contributed by atoms with E-state index in [9.17, 15) is 0 Å². The first-order valence-electron chi connectivity index (χ1n) is 5.26. The van der Waals surface area contributed by atoms with Crippen LogP contribution < -0.4 is 10.1 Å². The number of anilines is 1. The number of nitrogens with one attached hydrogen (secondary N) is 1. The smallest absolute Gasteiger partial charge is 0.142 e. The number of benzene rings is 1. The van der Waals surface area contributed by atoms with E-state index in [0.29, 0.717) is 6.61 Å².